The number of aromatic nitrogens is 2. The third-order valence-electron chi connectivity index (χ3n) is 4.03. The Hall–Kier alpha value is -2.46. The summed E-state index contributed by atoms with van der Waals surface area (Å²) < 4.78 is 5.44. The summed E-state index contributed by atoms with van der Waals surface area (Å²) in [4.78, 5) is 4.51. The summed E-state index contributed by atoms with van der Waals surface area (Å²) in [6.07, 6.45) is 0. The molecular weight excluding hydrogens is 298 g/mol. The van der Waals surface area contributed by atoms with Crippen molar-refractivity contribution in [3.05, 3.63) is 83.5 Å². The third kappa shape index (κ3) is 3.71. The van der Waals surface area contributed by atoms with E-state index in [0.717, 1.165) is 5.82 Å². The average Bonchev–Trinajstić information content (AvgIpc) is 3.11. The van der Waals surface area contributed by atoms with Crippen LogP contribution in [0.1, 0.15) is 61.6 Å². The van der Waals surface area contributed by atoms with Crippen LogP contribution in [0.25, 0.3) is 0 Å². The smallest absolute Gasteiger partial charge is 0.243 e. The van der Waals surface area contributed by atoms with E-state index >= 15 is 0 Å². The SMILES string of the molecule is CC(C)c1noc([C@H](C)NC(c2ccccc2)c2ccccc2)n1. The fourth-order valence-electron chi connectivity index (χ4n) is 2.65. The van der Waals surface area contributed by atoms with Crippen molar-refractivity contribution in [1.29, 1.82) is 0 Å². The predicted molar refractivity (Wildman–Crippen MR) is 94.7 cm³/mol. The average molecular weight is 321 g/mol. The molecule has 0 bridgehead atoms. The zero-order valence-electron chi connectivity index (χ0n) is 14.3. The molecule has 0 aliphatic carbocycles. The molecule has 0 aliphatic rings. The second-order valence-electron chi connectivity index (χ2n) is 6.29. The molecule has 0 spiro atoms. The maximum atomic E-state index is 5.44. The number of nitrogens with zero attached hydrogens (tertiary/aromatic N) is 2. The lowest BCUT2D eigenvalue weighted by Crippen LogP contribution is -2.26. The van der Waals surface area contributed by atoms with Crippen molar-refractivity contribution in [1.82, 2.24) is 15.5 Å². The van der Waals surface area contributed by atoms with E-state index in [9.17, 15) is 0 Å². The van der Waals surface area contributed by atoms with E-state index in [0.29, 0.717) is 5.89 Å². The van der Waals surface area contributed by atoms with Gasteiger partial charge in [-0.3, -0.25) is 5.32 Å². The van der Waals surface area contributed by atoms with Gasteiger partial charge in [-0.15, -0.1) is 0 Å². The lowest BCUT2D eigenvalue weighted by atomic mass is 9.98. The molecule has 0 saturated carbocycles. The molecule has 0 saturated heterocycles. The molecule has 0 unspecified atom stereocenters. The van der Waals surface area contributed by atoms with Gasteiger partial charge in [0.15, 0.2) is 5.82 Å². The molecule has 2 aromatic carbocycles. The van der Waals surface area contributed by atoms with Crippen LogP contribution in [0.15, 0.2) is 65.2 Å². The molecule has 1 N–H and O–H groups in total. The van der Waals surface area contributed by atoms with E-state index in [1.807, 2.05) is 12.1 Å². The van der Waals surface area contributed by atoms with Crippen LogP contribution >= 0.6 is 0 Å². The molecule has 0 fully saturated rings. The molecule has 0 aliphatic heterocycles. The lowest BCUT2D eigenvalue weighted by Gasteiger charge is -2.22. The third-order valence-corrected chi connectivity index (χ3v) is 4.03. The van der Waals surface area contributed by atoms with Crippen molar-refractivity contribution in [3.63, 3.8) is 0 Å². The second-order valence-corrected chi connectivity index (χ2v) is 6.29. The van der Waals surface area contributed by atoms with Crippen LogP contribution in [0, 0.1) is 0 Å². The van der Waals surface area contributed by atoms with Gasteiger partial charge in [0.1, 0.15) is 0 Å². The first kappa shape index (κ1) is 16.4. The molecule has 0 radical (unpaired) electrons. The molecule has 3 rings (SSSR count). The first-order valence-corrected chi connectivity index (χ1v) is 8.34. The van der Waals surface area contributed by atoms with Crippen LogP contribution in [0.2, 0.25) is 0 Å². The Morgan fingerprint density at radius 1 is 0.833 bits per heavy atom. The van der Waals surface area contributed by atoms with E-state index in [1.165, 1.54) is 11.1 Å². The second kappa shape index (κ2) is 7.41. The Kier molecular flexibility index (Phi) is 5.06. The largest absolute Gasteiger partial charge is 0.338 e. The van der Waals surface area contributed by atoms with Crippen LogP contribution in [-0.4, -0.2) is 10.1 Å². The van der Waals surface area contributed by atoms with Crippen LogP contribution in [0.5, 0.6) is 0 Å². The summed E-state index contributed by atoms with van der Waals surface area (Å²) in [5.41, 5.74) is 2.42. The molecule has 24 heavy (non-hydrogen) atoms. The number of nitrogens with one attached hydrogen (secondary N) is 1. The van der Waals surface area contributed by atoms with Crippen molar-refractivity contribution in [2.45, 2.75) is 38.8 Å². The molecule has 1 aromatic heterocycles. The maximum absolute atomic E-state index is 5.44. The molecule has 4 nitrogen and oxygen atoms in total. The van der Waals surface area contributed by atoms with Gasteiger partial charge in [-0.05, 0) is 18.1 Å². The minimum Gasteiger partial charge on any atom is -0.338 e. The van der Waals surface area contributed by atoms with Crippen LogP contribution in [0.4, 0.5) is 0 Å². The van der Waals surface area contributed by atoms with Gasteiger partial charge >= 0.3 is 0 Å². The summed E-state index contributed by atoms with van der Waals surface area (Å²) >= 11 is 0. The molecule has 3 aromatic rings. The van der Waals surface area contributed by atoms with E-state index in [4.69, 9.17) is 4.52 Å². The van der Waals surface area contributed by atoms with Crippen LogP contribution in [-0.2, 0) is 0 Å². The van der Waals surface area contributed by atoms with Gasteiger partial charge < -0.3 is 4.52 Å². The molecule has 1 heterocycles. The van der Waals surface area contributed by atoms with Crippen molar-refractivity contribution in [3.8, 4) is 0 Å². The van der Waals surface area contributed by atoms with Gasteiger partial charge in [0.05, 0.1) is 12.1 Å². The van der Waals surface area contributed by atoms with Crippen molar-refractivity contribution < 1.29 is 4.52 Å². The van der Waals surface area contributed by atoms with Gasteiger partial charge in [-0.1, -0.05) is 79.7 Å². The van der Waals surface area contributed by atoms with E-state index in [-0.39, 0.29) is 18.0 Å². The zero-order valence-corrected chi connectivity index (χ0v) is 14.3. The highest BCUT2D eigenvalue weighted by Crippen LogP contribution is 2.25. The monoisotopic (exact) mass is 321 g/mol. The fraction of sp³-hybridized carbons (Fsp3) is 0.300. The maximum Gasteiger partial charge on any atom is 0.243 e. The Bertz CT molecular complexity index is 713. The fourth-order valence-corrected chi connectivity index (χ4v) is 2.65. The Labute approximate surface area is 142 Å². The molecule has 1 atom stereocenters. The van der Waals surface area contributed by atoms with E-state index in [1.54, 1.807) is 0 Å². The predicted octanol–water partition coefficient (Wildman–Crippen LogP) is 4.63. The van der Waals surface area contributed by atoms with Gasteiger partial charge in [-0.25, -0.2) is 0 Å². The van der Waals surface area contributed by atoms with E-state index < -0.39 is 0 Å². The molecule has 0 amide bonds. The molecule has 124 valence electrons. The summed E-state index contributed by atoms with van der Waals surface area (Å²) in [6, 6.07) is 20.8. The Morgan fingerprint density at radius 2 is 1.38 bits per heavy atom. The quantitative estimate of drug-likeness (QED) is 0.719. The number of rotatable bonds is 6. The van der Waals surface area contributed by atoms with Crippen molar-refractivity contribution in [2.24, 2.45) is 0 Å². The number of hydrogen-bond acceptors (Lipinski definition) is 4. The summed E-state index contributed by atoms with van der Waals surface area (Å²) in [6.45, 7) is 6.17. The lowest BCUT2D eigenvalue weighted by molar-refractivity contribution is 0.328. The topological polar surface area (TPSA) is 51.0 Å². The van der Waals surface area contributed by atoms with Gasteiger partial charge in [0.25, 0.3) is 0 Å². The van der Waals surface area contributed by atoms with Crippen molar-refractivity contribution in [2.75, 3.05) is 0 Å². The number of hydrogen-bond donors (Lipinski definition) is 1. The minimum absolute atomic E-state index is 0.0459. The van der Waals surface area contributed by atoms with Crippen LogP contribution < -0.4 is 5.32 Å². The molecule has 4 heteroatoms. The first-order valence-electron chi connectivity index (χ1n) is 8.34. The van der Waals surface area contributed by atoms with Gasteiger partial charge in [-0.2, -0.15) is 4.98 Å². The zero-order chi connectivity index (χ0) is 16.9. The normalized spacial score (nSPS) is 12.7. The first-order chi connectivity index (χ1) is 11.6. The van der Waals surface area contributed by atoms with Crippen LogP contribution in [0.3, 0.4) is 0 Å². The Morgan fingerprint density at radius 3 is 1.83 bits per heavy atom. The standard InChI is InChI=1S/C20H23N3O/c1-14(2)19-22-20(24-23-19)15(3)21-18(16-10-6-4-7-11-16)17-12-8-5-9-13-17/h4-15,18,21H,1-3H3/t15-/m0/s1. The highest BCUT2D eigenvalue weighted by molar-refractivity contribution is 5.31. The van der Waals surface area contributed by atoms with Gasteiger partial charge in [0, 0.05) is 5.92 Å². The number of benzene rings is 2. The summed E-state index contributed by atoms with van der Waals surface area (Å²) in [5, 5.41) is 7.69. The van der Waals surface area contributed by atoms with Crippen molar-refractivity contribution >= 4 is 0 Å². The Balaban J connectivity index is 1.86. The summed E-state index contributed by atoms with van der Waals surface area (Å²) in [7, 11) is 0. The highest BCUT2D eigenvalue weighted by atomic mass is 16.5. The van der Waals surface area contributed by atoms with E-state index in [2.05, 4.69) is 84.8 Å². The van der Waals surface area contributed by atoms with Gasteiger partial charge in [0.2, 0.25) is 5.89 Å². The summed E-state index contributed by atoms with van der Waals surface area (Å²) in [5.74, 6) is 1.62. The highest BCUT2D eigenvalue weighted by Gasteiger charge is 2.21. The molecular formula is C20H23N3O. The minimum atomic E-state index is -0.0459.